The highest BCUT2D eigenvalue weighted by molar-refractivity contribution is 14.1. The normalized spacial score (nSPS) is 12.3. The third kappa shape index (κ3) is 5.59. The van der Waals surface area contributed by atoms with Crippen molar-refractivity contribution < 1.29 is 9.53 Å². The maximum absolute atomic E-state index is 9.67. The zero-order chi connectivity index (χ0) is 7.28. The number of hydrogen-bond donors (Lipinski definition) is 0. The van der Waals surface area contributed by atoms with Crippen LogP contribution in [0.5, 0.6) is 0 Å². The highest BCUT2D eigenvalue weighted by Gasteiger charge is 1.95. The van der Waals surface area contributed by atoms with E-state index in [0.29, 0.717) is 13.1 Å². The van der Waals surface area contributed by atoms with E-state index in [0.717, 1.165) is 6.07 Å². The summed E-state index contributed by atoms with van der Waals surface area (Å²) in [4.78, 5) is 9.67. The van der Waals surface area contributed by atoms with Gasteiger partial charge in [0, 0.05) is 3.58 Å². The lowest BCUT2D eigenvalue weighted by atomic mass is 10.7. The number of ether oxygens (including phenoxy) is 1. The summed E-state index contributed by atoms with van der Waals surface area (Å²) in [5, 5.41) is 0. The molecule has 0 atom stereocenters. The molecular weight excluding hydrogens is 414 g/mol. The molecule has 0 fully saturated rings. The molecule has 0 spiro atoms. The van der Waals surface area contributed by atoms with E-state index in [4.69, 9.17) is 0 Å². The van der Waals surface area contributed by atoms with Gasteiger partial charge in [0.2, 0.25) is 0 Å². The predicted octanol–water partition coefficient (Wildman–Crippen LogP) is 2.59. The van der Waals surface area contributed by atoms with E-state index in [1.165, 1.54) is 0 Å². The maximum Gasteiger partial charge on any atom is 0.293 e. The van der Waals surface area contributed by atoms with Crippen LogP contribution < -0.4 is 0 Å². The largest absolute Gasteiger partial charge is 0.462 e. The highest BCUT2D eigenvalue weighted by Crippen LogP contribution is 2.24. The lowest BCUT2D eigenvalue weighted by Crippen LogP contribution is -1.89. The van der Waals surface area contributed by atoms with Gasteiger partial charge in [0.15, 0.2) is 0 Å². The number of carbonyl (C=O) groups is 1. The molecule has 0 radical (unpaired) electrons. The van der Waals surface area contributed by atoms with Crippen LogP contribution >= 0.6 is 61.1 Å². The molecule has 0 aliphatic heterocycles. The van der Waals surface area contributed by atoms with Crippen molar-refractivity contribution in [2.75, 3.05) is 6.61 Å². The van der Waals surface area contributed by atoms with Crippen LogP contribution in [0.4, 0.5) is 0 Å². The summed E-state index contributed by atoms with van der Waals surface area (Å²) in [5.74, 6) is 0. The average molecular weight is 417 g/mol. The second-order valence-electron chi connectivity index (χ2n) is 1.07. The smallest absolute Gasteiger partial charge is 0.293 e. The molecule has 0 aliphatic carbocycles. The molecule has 0 N–H and O–H groups in total. The zero-order valence-electron chi connectivity index (χ0n) is 4.23. The minimum absolute atomic E-state index is 0.355. The fourth-order valence-electron chi connectivity index (χ4n) is 0.162. The molecule has 0 aromatic heterocycles. The molecule has 0 unspecified atom stereocenters. The van der Waals surface area contributed by atoms with Crippen LogP contribution in [0.2, 0.25) is 0 Å². The third-order valence-corrected chi connectivity index (χ3v) is 4.24. The second-order valence-corrected chi connectivity index (χ2v) is 5.73. The first kappa shape index (κ1) is 10.2. The Morgan fingerprint density at radius 1 is 1.67 bits per heavy atom. The van der Waals surface area contributed by atoms with Gasteiger partial charge in [0.05, 0.1) is 2.49 Å². The summed E-state index contributed by atoms with van der Waals surface area (Å²) in [7, 11) is 0. The quantitative estimate of drug-likeness (QED) is 0.522. The summed E-state index contributed by atoms with van der Waals surface area (Å²) >= 11 is 7.43. The number of halogens is 3. The van der Waals surface area contributed by atoms with Crippen molar-refractivity contribution in [3.05, 3.63) is 6.07 Å². The minimum Gasteiger partial charge on any atom is -0.462 e. The van der Waals surface area contributed by atoms with Gasteiger partial charge >= 0.3 is 0 Å². The lowest BCUT2D eigenvalue weighted by Gasteiger charge is -1.95. The van der Waals surface area contributed by atoms with E-state index in [1.54, 1.807) is 0 Å². The molecule has 9 heavy (non-hydrogen) atoms. The first-order chi connectivity index (χ1) is 4.18. The van der Waals surface area contributed by atoms with Gasteiger partial charge in [-0.15, -0.1) is 0 Å². The van der Waals surface area contributed by atoms with Crippen molar-refractivity contribution in [2.24, 2.45) is 0 Å². The summed E-state index contributed by atoms with van der Waals surface area (Å²) in [5.41, 5.74) is 0. The monoisotopic (exact) mass is 416 g/mol. The Hall–Kier alpha value is 1.15. The molecule has 0 aliphatic rings. The van der Waals surface area contributed by atoms with Crippen molar-refractivity contribution >= 4 is 67.6 Å². The van der Waals surface area contributed by atoms with Gasteiger partial charge in [-0.05, 0) is 61.1 Å². The van der Waals surface area contributed by atoms with Crippen LogP contribution in [0.3, 0.4) is 0 Å². The van der Waals surface area contributed by atoms with E-state index in [9.17, 15) is 4.79 Å². The lowest BCUT2D eigenvalue weighted by molar-refractivity contribution is -0.127. The summed E-state index contributed by atoms with van der Waals surface area (Å²) < 4.78 is 6.44. The summed E-state index contributed by atoms with van der Waals surface area (Å²) in [6.07, 6.45) is 0. The number of rotatable bonds is 3. The molecule has 0 bridgehead atoms. The Kier molecular flexibility index (Phi) is 6.65. The number of hydrogen-bond acceptors (Lipinski definition) is 2. The van der Waals surface area contributed by atoms with Crippen molar-refractivity contribution in [3.63, 3.8) is 0 Å². The summed E-state index contributed by atoms with van der Waals surface area (Å²) in [6.45, 7) is 0.791. The molecule has 0 saturated carbocycles. The first-order valence-corrected chi connectivity index (χ1v) is 4.88. The first-order valence-electron chi connectivity index (χ1n) is 1.93. The zero-order valence-corrected chi connectivity index (χ0v) is 10.1. The van der Waals surface area contributed by atoms with Gasteiger partial charge in [-0.2, -0.15) is 0 Å². The molecular formula is C4H3BrI2O2. The van der Waals surface area contributed by atoms with Crippen molar-refractivity contribution in [3.8, 4) is 0 Å². The maximum atomic E-state index is 9.67. The van der Waals surface area contributed by atoms with Gasteiger partial charge in [-0.1, -0.05) is 0 Å². The predicted molar refractivity (Wildman–Crippen MR) is 56.0 cm³/mol. The second kappa shape index (κ2) is 5.90. The molecule has 0 aromatic carbocycles. The van der Waals surface area contributed by atoms with Crippen LogP contribution in [-0.4, -0.2) is 13.1 Å². The standard InChI is InChI=1S/C4H3BrI2O2/c5-4(7)3(6)1-9-2-8/h2H,1H2. The molecule has 0 amide bonds. The van der Waals surface area contributed by atoms with E-state index in [1.807, 2.05) is 0 Å². The van der Waals surface area contributed by atoms with E-state index < -0.39 is 0 Å². The van der Waals surface area contributed by atoms with Crippen molar-refractivity contribution in [1.29, 1.82) is 0 Å². The molecule has 0 rings (SSSR count). The van der Waals surface area contributed by atoms with E-state index >= 15 is 0 Å². The Bertz CT molecular complexity index is 131. The Labute approximate surface area is 88.8 Å². The van der Waals surface area contributed by atoms with Gasteiger partial charge in [-0.25, -0.2) is 0 Å². The molecule has 5 heteroatoms. The minimum atomic E-state index is 0.355. The van der Waals surface area contributed by atoms with Gasteiger partial charge in [0.25, 0.3) is 6.47 Å². The molecule has 0 heterocycles. The van der Waals surface area contributed by atoms with Crippen molar-refractivity contribution in [1.82, 2.24) is 0 Å². The van der Waals surface area contributed by atoms with Crippen LogP contribution in [0.15, 0.2) is 6.07 Å². The average Bonchev–Trinajstić information content (AvgIpc) is 1.82. The van der Waals surface area contributed by atoms with E-state index in [2.05, 4.69) is 65.8 Å². The number of carbonyl (C=O) groups excluding carboxylic acids is 1. The fourth-order valence-corrected chi connectivity index (χ4v) is 0.612. The fraction of sp³-hybridized carbons (Fsp3) is 0.250. The van der Waals surface area contributed by atoms with Crippen molar-refractivity contribution in [2.45, 2.75) is 0 Å². The third-order valence-electron chi connectivity index (χ3n) is 0.483. The van der Waals surface area contributed by atoms with Crippen LogP contribution in [-0.2, 0) is 9.53 Å². The molecule has 0 saturated heterocycles. The van der Waals surface area contributed by atoms with E-state index in [-0.39, 0.29) is 0 Å². The molecule has 0 aromatic rings. The topological polar surface area (TPSA) is 26.3 Å². The van der Waals surface area contributed by atoms with Gasteiger partial charge in [0.1, 0.15) is 6.61 Å². The Morgan fingerprint density at radius 2 is 2.22 bits per heavy atom. The van der Waals surface area contributed by atoms with Crippen LogP contribution in [0, 0.1) is 0 Å². The molecule has 2 nitrogen and oxygen atoms in total. The summed E-state index contributed by atoms with van der Waals surface area (Å²) in [6, 6.07) is 0. The van der Waals surface area contributed by atoms with Gasteiger partial charge < -0.3 is 4.74 Å². The van der Waals surface area contributed by atoms with Crippen LogP contribution in [0.1, 0.15) is 0 Å². The Balaban J connectivity index is 3.62. The van der Waals surface area contributed by atoms with Gasteiger partial charge in [-0.3, -0.25) is 4.79 Å². The Morgan fingerprint density at radius 3 is 2.56 bits per heavy atom. The molecule has 52 valence electrons. The SMILES string of the molecule is O=COCC(I)=C(Br)I. The van der Waals surface area contributed by atoms with Crippen LogP contribution in [0.25, 0.3) is 0 Å². The highest BCUT2D eigenvalue weighted by atomic mass is 127.